The van der Waals surface area contributed by atoms with Gasteiger partial charge >= 0.3 is 0 Å². The second kappa shape index (κ2) is 11.7. The van der Waals surface area contributed by atoms with Crippen LogP contribution in [-0.2, 0) is 0 Å². The van der Waals surface area contributed by atoms with E-state index in [0.29, 0.717) is 0 Å². The third-order valence-electron chi connectivity index (χ3n) is 11.5. The van der Waals surface area contributed by atoms with Crippen molar-refractivity contribution in [3.8, 4) is 16.8 Å². The number of para-hydroxylation sites is 2. The fourth-order valence-corrected chi connectivity index (χ4v) is 10.2. The number of allylic oxidation sites excluding steroid dienone is 4. The highest BCUT2D eigenvalue weighted by molar-refractivity contribution is 7.25. The van der Waals surface area contributed by atoms with E-state index in [2.05, 4.69) is 181 Å². The Balaban J connectivity index is 1.10. The van der Waals surface area contributed by atoms with Gasteiger partial charge in [0.05, 0.1) is 27.8 Å². The zero-order valence-electron chi connectivity index (χ0n) is 29.7. The quantitative estimate of drug-likeness (QED) is 0.173. The van der Waals surface area contributed by atoms with E-state index >= 15 is 0 Å². The van der Waals surface area contributed by atoms with Gasteiger partial charge in [0.25, 0.3) is 0 Å². The molecule has 0 N–H and O–H groups in total. The molecule has 11 rings (SSSR count). The molecule has 3 heterocycles. The minimum Gasteiger partial charge on any atom is -0.309 e. The summed E-state index contributed by atoms with van der Waals surface area (Å²) in [4.78, 5) is 0. The average molecular weight is 697 g/mol. The van der Waals surface area contributed by atoms with Gasteiger partial charge in [-0.15, -0.1) is 11.3 Å². The highest BCUT2D eigenvalue weighted by atomic mass is 32.1. The predicted molar refractivity (Wildman–Crippen MR) is 229 cm³/mol. The molecule has 0 unspecified atom stereocenters. The van der Waals surface area contributed by atoms with Crippen LogP contribution in [0.1, 0.15) is 30.9 Å². The number of thiophene rings is 1. The van der Waals surface area contributed by atoms with Crippen LogP contribution in [0.2, 0.25) is 0 Å². The predicted octanol–water partition coefficient (Wildman–Crippen LogP) is 14.3. The molecule has 0 fully saturated rings. The summed E-state index contributed by atoms with van der Waals surface area (Å²) >= 11 is 1.87. The van der Waals surface area contributed by atoms with Gasteiger partial charge in [-0.05, 0) is 104 Å². The summed E-state index contributed by atoms with van der Waals surface area (Å²) in [5.74, 6) is 0. The van der Waals surface area contributed by atoms with Gasteiger partial charge in [0, 0.05) is 53.0 Å². The summed E-state index contributed by atoms with van der Waals surface area (Å²) in [6, 6.07) is 56.3. The van der Waals surface area contributed by atoms with E-state index in [4.69, 9.17) is 0 Å². The molecule has 0 amide bonds. The number of rotatable bonds is 4. The molecule has 53 heavy (non-hydrogen) atoms. The van der Waals surface area contributed by atoms with Crippen molar-refractivity contribution in [2.45, 2.75) is 26.7 Å². The number of hydrogen-bond donors (Lipinski definition) is 0. The maximum atomic E-state index is 2.52. The standard InChI is InChI=1S/C50H36N2S/c1-31-13-3-4-15-35(31)49-32(2)14-11-21-45(49)51-41-19-8-5-16-36(41)39-29-33(25-27-43(39)51)34-26-28-44-40(30-34)37-17-6-9-20-42(37)52(44)46-22-12-24-48-50(46)38-18-7-10-23-47(38)53-48/h3-10,12-13,15-30H,11,14H2,1-2H3. The second-order valence-corrected chi connectivity index (χ2v) is 15.6. The van der Waals surface area contributed by atoms with Gasteiger partial charge in [0.2, 0.25) is 0 Å². The fraction of sp³-hybridized carbons (Fsp3) is 0.0800. The third kappa shape index (κ3) is 4.51. The van der Waals surface area contributed by atoms with Crippen LogP contribution in [0.4, 0.5) is 0 Å². The lowest BCUT2D eigenvalue weighted by atomic mass is 9.88. The molecule has 3 aromatic heterocycles. The van der Waals surface area contributed by atoms with Crippen LogP contribution in [0.25, 0.3) is 91.9 Å². The molecule has 0 radical (unpaired) electrons. The van der Waals surface area contributed by atoms with Crippen LogP contribution >= 0.6 is 11.3 Å². The first-order valence-electron chi connectivity index (χ1n) is 18.6. The van der Waals surface area contributed by atoms with E-state index in [-0.39, 0.29) is 0 Å². The molecule has 7 aromatic carbocycles. The molecule has 0 aliphatic heterocycles. The molecule has 10 aromatic rings. The Morgan fingerprint density at radius 1 is 0.491 bits per heavy atom. The number of hydrogen-bond acceptors (Lipinski definition) is 1. The minimum atomic E-state index is 1.05. The Hall–Kier alpha value is -6.16. The van der Waals surface area contributed by atoms with Crippen molar-refractivity contribution in [1.82, 2.24) is 9.13 Å². The molecule has 0 bridgehead atoms. The fourth-order valence-electron chi connectivity index (χ4n) is 9.06. The zero-order chi connectivity index (χ0) is 35.2. The lowest BCUT2D eigenvalue weighted by molar-refractivity contribution is 0.957. The summed E-state index contributed by atoms with van der Waals surface area (Å²) in [5.41, 5.74) is 15.4. The topological polar surface area (TPSA) is 9.86 Å². The Kier molecular flexibility index (Phi) is 6.71. The first kappa shape index (κ1) is 30.5. The summed E-state index contributed by atoms with van der Waals surface area (Å²) in [7, 11) is 0. The number of fused-ring (bicyclic) bond motifs is 9. The van der Waals surface area contributed by atoms with Crippen molar-refractivity contribution in [3.63, 3.8) is 0 Å². The molecule has 1 aliphatic rings. The molecular formula is C50H36N2S. The van der Waals surface area contributed by atoms with E-state index in [9.17, 15) is 0 Å². The van der Waals surface area contributed by atoms with E-state index in [0.717, 1.165) is 12.8 Å². The molecule has 0 saturated carbocycles. The van der Waals surface area contributed by atoms with Gasteiger partial charge in [0.15, 0.2) is 0 Å². The normalized spacial score (nSPS) is 13.7. The molecule has 1 aliphatic carbocycles. The van der Waals surface area contributed by atoms with Gasteiger partial charge in [-0.25, -0.2) is 0 Å². The van der Waals surface area contributed by atoms with Gasteiger partial charge in [-0.3, -0.25) is 0 Å². The van der Waals surface area contributed by atoms with E-state index in [1.165, 1.54) is 109 Å². The van der Waals surface area contributed by atoms with Crippen molar-refractivity contribution in [1.29, 1.82) is 0 Å². The van der Waals surface area contributed by atoms with Crippen LogP contribution in [0.3, 0.4) is 0 Å². The van der Waals surface area contributed by atoms with Crippen LogP contribution in [0.5, 0.6) is 0 Å². The van der Waals surface area contributed by atoms with E-state index < -0.39 is 0 Å². The number of nitrogens with zero attached hydrogens (tertiary/aromatic N) is 2. The van der Waals surface area contributed by atoms with Crippen molar-refractivity contribution < 1.29 is 0 Å². The van der Waals surface area contributed by atoms with E-state index in [1.54, 1.807) is 0 Å². The van der Waals surface area contributed by atoms with Crippen LogP contribution < -0.4 is 0 Å². The molecule has 3 heteroatoms. The largest absolute Gasteiger partial charge is 0.309 e. The molecule has 0 spiro atoms. The zero-order valence-corrected chi connectivity index (χ0v) is 30.5. The van der Waals surface area contributed by atoms with E-state index in [1.807, 2.05) is 11.3 Å². The molecule has 2 nitrogen and oxygen atoms in total. The Morgan fingerprint density at radius 3 is 1.81 bits per heavy atom. The molecule has 252 valence electrons. The Labute approximate surface area is 312 Å². The maximum absolute atomic E-state index is 2.52. The van der Waals surface area contributed by atoms with Gasteiger partial charge in [-0.2, -0.15) is 0 Å². The summed E-state index contributed by atoms with van der Waals surface area (Å²) in [6.07, 6.45) is 4.59. The van der Waals surface area contributed by atoms with Gasteiger partial charge in [-0.1, -0.05) is 109 Å². The Morgan fingerprint density at radius 2 is 1.08 bits per heavy atom. The first-order valence-corrected chi connectivity index (χ1v) is 19.4. The van der Waals surface area contributed by atoms with Crippen molar-refractivity contribution in [2.75, 3.05) is 0 Å². The summed E-state index contributed by atoms with van der Waals surface area (Å²) < 4.78 is 7.64. The third-order valence-corrected chi connectivity index (χ3v) is 12.6. The number of aromatic nitrogens is 2. The lowest BCUT2D eigenvalue weighted by Crippen LogP contribution is -2.06. The van der Waals surface area contributed by atoms with Crippen LogP contribution in [0, 0.1) is 6.92 Å². The van der Waals surface area contributed by atoms with Crippen molar-refractivity contribution in [2.24, 2.45) is 0 Å². The summed E-state index contributed by atoms with van der Waals surface area (Å²) in [6.45, 7) is 4.55. The van der Waals surface area contributed by atoms with Crippen molar-refractivity contribution >= 4 is 86.4 Å². The van der Waals surface area contributed by atoms with Crippen LogP contribution in [-0.4, -0.2) is 9.13 Å². The maximum Gasteiger partial charge on any atom is 0.0555 e. The minimum absolute atomic E-state index is 1.05. The molecule has 0 saturated heterocycles. The average Bonchev–Trinajstić information content (AvgIpc) is 3.85. The highest BCUT2D eigenvalue weighted by Crippen LogP contribution is 2.44. The second-order valence-electron chi connectivity index (χ2n) is 14.5. The Bertz CT molecular complexity index is 3200. The molecular weight excluding hydrogens is 661 g/mol. The lowest BCUT2D eigenvalue weighted by Gasteiger charge is -2.24. The van der Waals surface area contributed by atoms with Crippen LogP contribution in [0.15, 0.2) is 163 Å². The summed E-state index contributed by atoms with van der Waals surface area (Å²) in [5, 5.41) is 7.75. The van der Waals surface area contributed by atoms with Gasteiger partial charge < -0.3 is 9.13 Å². The smallest absolute Gasteiger partial charge is 0.0555 e. The highest BCUT2D eigenvalue weighted by Gasteiger charge is 2.23. The molecule has 0 atom stereocenters. The van der Waals surface area contributed by atoms with Gasteiger partial charge in [0.1, 0.15) is 0 Å². The number of benzene rings is 7. The monoisotopic (exact) mass is 696 g/mol. The number of aryl methyl sites for hydroxylation is 1. The SMILES string of the molecule is CC1=C(c2ccccc2C)C(n2c3ccccc3c3cc(-c4ccc5c(c4)c4ccccc4n5-c4cccc5sc6ccccc6c45)ccc32)=CCC1. The first-order chi connectivity index (χ1) is 26.1. The van der Waals surface area contributed by atoms with Crippen molar-refractivity contribution in [3.05, 3.63) is 174 Å².